The zero-order valence-corrected chi connectivity index (χ0v) is 93.1. The molecule has 0 radical (unpaired) electrons. The second-order valence-electron chi connectivity index (χ2n) is 32.5. The summed E-state index contributed by atoms with van der Waals surface area (Å²) < 4.78 is 213. The normalized spacial score (nSPS) is 11.7. The number of benzene rings is 10. The van der Waals surface area contributed by atoms with E-state index in [4.69, 9.17) is 77.1 Å². The number of aliphatic hydroxyl groups excluding tert-OH is 1. The van der Waals surface area contributed by atoms with Crippen molar-refractivity contribution in [3.63, 3.8) is 0 Å². The van der Waals surface area contributed by atoms with Gasteiger partial charge in [-0.05, 0) is 134 Å². The number of nitrogens with two attached hydrogens (primary N) is 2. The SMILES string of the molecule is COC(=O)c1cc2c(ncn2CCS(C)(=O)=O)c(F)c1Nc1ccc(Br)cc1C.CS(=O)(=O)CCn1cnc2c(F)c(Nc3ccc(Br)cc3Cl)c(-c3nnc(N)o3)cc21.CS(=O)(=O)CCn1cnc2c(F)c(Nc3ccc(Br)cc3Cl)c(C(=O)NN)cc21.CS(=O)(=O)CCn1cnc2c(F)c(Nc3ccc(Br)cc3Cl)c(C(=O)NOCCO)cc21.CS(=O)(=O)CCn1cnc2c(F)c(Nc3ccc(Br)cc3Cl)c(C(=O)O)cc21. The number of aromatic carboxylic acids is 1. The van der Waals surface area contributed by atoms with Crippen LogP contribution in [0.1, 0.15) is 47.0 Å². The quantitative estimate of drug-likeness (QED) is 0.00454. The maximum absolute atomic E-state index is 15.6. The Morgan fingerprint density at radius 1 is 0.409 bits per heavy atom. The molecule has 6 heterocycles. The van der Waals surface area contributed by atoms with E-state index in [0.717, 1.165) is 50.3 Å². The van der Waals surface area contributed by atoms with Crippen molar-refractivity contribution in [1.29, 1.82) is 0 Å². The van der Waals surface area contributed by atoms with E-state index in [2.05, 4.69) is 147 Å². The molecule has 0 bridgehead atoms. The highest BCUT2D eigenvalue weighted by Gasteiger charge is 2.31. The predicted octanol–water partition coefficient (Wildman–Crippen LogP) is 17.9. The number of carbonyl (C=O) groups is 4. The van der Waals surface area contributed by atoms with Crippen LogP contribution in [0.5, 0.6) is 0 Å². The highest BCUT2D eigenvalue weighted by molar-refractivity contribution is 9.11. The fraction of sp³-hybridized carbons (Fsp3) is 0.211. The Morgan fingerprint density at radius 2 is 0.691 bits per heavy atom. The van der Waals surface area contributed by atoms with Gasteiger partial charge in [0.15, 0.2) is 29.1 Å². The van der Waals surface area contributed by atoms with Gasteiger partial charge in [0.2, 0.25) is 0 Å². The Hall–Kier alpha value is -11.8. The number of sulfone groups is 5. The van der Waals surface area contributed by atoms with E-state index in [-0.39, 0.29) is 197 Å². The average Bonchev–Trinajstić information content (AvgIpc) is 1.65. The average molecular weight is 2560 g/mol. The third-order valence-electron chi connectivity index (χ3n) is 21.3. The van der Waals surface area contributed by atoms with Gasteiger partial charge in [0.1, 0.15) is 76.8 Å². The van der Waals surface area contributed by atoms with Gasteiger partial charge in [0.05, 0.1) is 207 Å². The molecule has 0 fully saturated rings. The third kappa shape index (κ3) is 30.0. The molecule has 0 saturated heterocycles. The van der Waals surface area contributed by atoms with Gasteiger partial charge in [-0.1, -0.05) is 131 Å². The number of aromatic nitrogens is 12. The Balaban J connectivity index is 0.000000165. The number of nitrogens with zero attached hydrogens (tertiary/aromatic N) is 12. The minimum absolute atomic E-state index is 0.00809. The highest BCUT2D eigenvalue weighted by Crippen LogP contribution is 2.43. The summed E-state index contributed by atoms with van der Waals surface area (Å²) in [5, 5.41) is 41.4. The molecule has 16 rings (SSSR count). The first kappa shape index (κ1) is 116. The van der Waals surface area contributed by atoms with E-state index in [0.29, 0.717) is 58.5 Å². The number of nitrogen functional groups attached to an aromatic ring is 2. The van der Waals surface area contributed by atoms with Crippen molar-refractivity contribution in [3.05, 3.63) is 252 Å². The van der Waals surface area contributed by atoms with Gasteiger partial charge in [-0.15, -0.1) is 5.10 Å². The largest absolute Gasteiger partial charge is 0.478 e. The summed E-state index contributed by atoms with van der Waals surface area (Å²) in [6.45, 7) is 1.67. The van der Waals surface area contributed by atoms with Crippen LogP contribution in [0.3, 0.4) is 0 Å². The number of fused-ring (bicyclic) bond motifs is 5. The van der Waals surface area contributed by atoms with Crippen molar-refractivity contribution in [2.75, 3.05) is 113 Å². The number of methoxy groups -OCH3 is 1. The number of amides is 2. The smallest absolute Gasteiger partial charge is 0.340 e. The summed E-state index contributed by atoms with van der Waals surface area (Å²) in [7, 11) is -15.0. The summed E-state index contributed by atoms with van der Waals surface area (Å²) in [6, 6.07) is 32.0. The molecule has 0 aliphatic rings. The Labute approximate surface area is 907 Å². The van der Waals surface area contributed by atoms with Gasteiger partial charge in [-0.2, -0.15) is 0 Å². The van der Waals surface area contributed by atoms with Crippen LogP contribution < -0.4 is 49.1 Å². The van der Waals surface area contributed by atoms with E-state index < -0.39 is 102 Å². The van der Waals surface area contributed by atoms with Crippen molar-refractivity contribution < 1.29 is 107 Å². The highest BCUT2D eigenvalue weighted by atomic mass is 79.9. The fourth-order valence-corrected chi connectivity index (χ4v) is 20.0. The second-order valence-corrected chi connectivity index (χ2v) is 50.0. The molecule has 790 valence electrons. The van der Waals surface area contributed by atoms with Crippen LogP contribution in [0.4, 0.5) is 84.8 Å². The monoisotopic (exact) mass is 2550 g/mol. The standard InChI is InChI=1S/C19H19BrClFN4O5S.C19H19BrFN3O4S.C18H15BrClFN6O3S.C17H16BrClFN5O3S.C17H14BrClFN3O4S/c1-32(29,30)7-4-26-10-23-18-15(26)9-12(19(28)25-31-6-5-27)17(16(18)22)24-14-3-2-11(20)8-13(14)21;1-11-8-12(20)4-5-14(11)23-17-13(19(25)28-2)9-15-18(16(17)21)22-10-24(15)6-7-29(3,26)27;1-31(28,29)5-4-27-8-23-16-13(27)7-10(17-25-26-18(22)30-17)15(14(16)21)24-12-3-2-9(19)6-11(12)20;1-29(27,28)5-4-25-8-22-16-13(25)7-10(17(26)24-21)15(14(16)20)23-12-3-2-9(18)6-11(12)19;1-28(26,27)5-4-23-8-21-16-13(23)7-10(17(24)25)15(14(16)20)22-12-3-2-9(18)6-11(12)19/h2-3,8-10,24,27H,4-7H2,1H3,(H,25,28);4-5,8-10,23H,6-7H2,1-3H3;2-3,6-8,24H,4-5H2,1H3,(H2,22,26);2-3,6-8,23H,4-5,21H2,1H3,(H,24,26);2-3,6-8,22H,4-5H2,1H3,(H,24,25). The molecule has 2 amide bonds. The molecule has 13 N–H and O–H groups in total. The number of hydrogen-bond acceptors (Lipinski definition) is 32. The number of hydrogen-bond donors (Lipinski definition) is 11. The van der Waals surface area contributed by atoms with Crippen LogP contribution in [0.2, 0.25) is 20.1 Å². The number of nitrogens with one attached hydrogen (secondary N) is 7. The lowest BCUT2D eigenvalue weighted by atomic mass is 10.1. The molecule has 0 atom stereocenters. The lowest BCUT2D eigenvalue weighted by molar-refractivity contribution is 0.0168. The number of carbonyl (C=O) groups excluding carboxylic acids is 3. The van der Waals surface area contributed by atoms with Crippen molar-refractivity contribution in [1.82, 2.24) is 68.9 Å². The minimum Gasteiger partial charge on any atom is -0.478 e. The van der Waals surface area contributed by atoms with Crippen molar-refractivity contribution in [3.8, 4) is 11.5 Å². The summed E-state index contributed by atoms with van der Waals surface area (Å²) >= 11 is 41.4. The summed E-state index contributed by atoms with van der Waals surface area (Å²) in [4.78, 5) is 74.2. The number of aryl methyl sites for hydroxylation is 6. The van der Waals surface area contributed by atoms with Gasteiger partial charge in [-0.25, -0.2) is 110 Å². The zero-order valence-electron chi connectivity index (χ0n) is 78.1. The van der Waals surface area contributed by atoms with E-state index in [1.54, 1.807) is 95.6 Å². The number of ether oxygens (including phenoxy) is 1. The number of anilines is 11. The molecular formula is C90H83Br5Cl4F5N21O19S5. The fourth-order valence-electron chi connectivity index (χ4n) is 14.0. The molecule has 59 heteroatoms. The number of carboxylic acids is 1. The lowest BCUT2D eigenvalue weighted by Crippen LogP contribution is -2.30. The first-order chi connectivity index (χ1) is 70.0. The van der Waals surface area contributed by atoms with E-state index in [1.165, 1.54) is 81.3 Å². The van der Waals surface area contributed by atoms with E-state index in [1.807, 2.05) is 18.4 Å². The number of imidazole rings is 5. The molecule has 16 aromatic rings. The van der Waals surface area contributed by atoms with Crippen molar-refractivity contribution in [2.45, 2.75) is 39.6 Å². The topological polar surface area (TPSA) is 562 Å². The summed E-state index contributed by atoms with van der Waals surface area (Å²) in [6.07, 6.45) is 12.2. The molecule has 10 aromatic carbocycles. The van der Waals surface area contributed by atoms with Gasteiger partial charge in [-0.3, -0.25) is 19.9 Å². The Morgan fingerprint density at radius 3 is 0.987 bits per heavy atom. The molecule has 0 unspecified atom stereocenters. The maximum atomic E-state index is 15.6. The number of hydrazine groups is 1. The summed E-state index contributed by atoms with van der Waals surface area (Å²) in [5.41, 5.74) is 12.9. The number of halogens is 14. The van der Waals surface area contributed by atoms with Crippen molar-refractivity contribution in [2.24, 2.45) is 5.84 Å². The Bertz CT molecular complexity index is 8370. The summed E-state index contributed by atoms with van der Waals surface area (Å²) in [5.74, 6) is -3.06. The zero-order chi connectivity index (χ0) is 109. The number of aliphatic hydroxyl groups is 1. The van der Waals surface area contributed by atoms with Crippen LogP contribution in [0.25, 0.3) is 66.6 Å². The molecule has 0 saturated carbocycles. The van der Waals surface area contributed by atoms with Crippen LogP contribution in [-0.4, -0.2) is 214 Å². The maximum Gasteiger partial charge on any atom is 0.340 e. The molecule has 6 aromatic heterocycles. The van der Waals surface area contributed by atoms with E-state index in [9.17, 15) is 66.4 Å². The first-order valence-electron chi connectivity index (χ1n) is 42.6. The number of rotatable bonds is 33. The van der Waals surface area contributed by atoms with Gasteiger partial charge < -0.3 is 74.5 Å². The molecule has 149 heavy (non-hydrogen) atoms. The molecule has 0 spiro atoms. The predicted molar refractivity (Wildman–Crippen MR) is 577 cm³/mol. The van der Waals surface area contributed by atoms with Crippen LogP contribution >= 0.6 is 126 Å². The van der Waals surface area contributed by atoms with Crippen LogP contribution in [0, 0.1) is 36.0 Å². The van der Waals surface area contributed by atoms with E-state index >= 15 is 22.0 Å². The van der Waals surface area contributed by atoms with Crippen LogP contribution in [0.15, 0.2) is 180 Å². The first-order valence-corrected chi connectivity index (χ1v) is 58.4. The van der Waals surface area contributed by atoms with Crippen molar-refractivity contribution >= 4 is 317 Å². The molecule has 40 nitrogen and oxygen atoms in total. The Kier molecular flexibility index (Phi) is 38.2. The van der Waals surface area contributed by atoms with Gasteiger partial charge >= 0.3 is 18.0 Å². The molecular weight excluding hydrogens is 2480 g/mol. The number of hydroxylamine groups is 1. The van der Waals surface area contributed by atoms with Gasteiger partial charge in [0, 0.05) is 92.1 Å². The van der Waals surface area contributed by atoms with Gasteiger partial charge in [0.25, 0.3) is 17.7 Å². The third-order valence-corrected chi connectivity index (χ3v) is 29.6. The molecule has 0 aliphatic heterocycles. The molecule has 0 aliphatic carbocycles. The van der Waals surface area contributed by atoms with Crippen LogP contribution in [-0.2, 0) is 91.5 Å². The lowest BCUT2D eigenvalue weighted by Gasteiger charge is -2.15. The number of carboxylic acid groups (broad SMARTS) is 1. The minimum atomic E-state index is -3.27. The number of esters is 1. The second kappa shape index (κ2) is 49.1.